The van der Waals surface area contributed by atoms with E-state index in [1.165, 1.54) is 12.0 Å². The summed E-state index contributed by atoms with van der Waals surface area (Å²) in [5, 5.41) is 0. The van der Waals surface area contributed by atoms with Gasteiger partial charge in [0, 0.05) is 17.2 Å². The molecule has 70 valence electrons. The van der Waals surface area contributed by atoms with Gasteiger partial charge in [0.25, 0.3) is 0 Å². The Balaban J connectivity index is 1.96. The molecule has 2 aromatic rings. The lowest BCUT2D eigenvalue weighted by Gasteiger charge is -2.01. The summed E-state index contributed by atoms with van der Waals surface area (Å²) in [6, 6.07) is 15.5. The van der Waals surface area contributed by atoms with Crippen molar-refractivity contribution in [2.45, 2.75) is 4.90 Å². The van der Waals surface area contributed by atoms with Crippen LogP contribution in [0.5, 0.6) is 5.88 Å². The first-order valence-electron chi connectivity index (χ1n) is 4.26. The first kappa shape index (κ1) is 9.09. The molecule has 1 aromatic carbocycles. The number of pyridine rings is 1. The van der Waals surface area contributed by atoms with Crippen molar-refractivity contribution < 1.29 is 4.18 Å². The molecule has 2 rings (SSSR count). The largest absolute Gasteiger partial charge is 0.401 e. The topological polar surface area (TPSA) is 22.1 Å². The van der Waals surface area contributed by atoms with Crippen molar-refractivity contribution in [3.05, 3.63) is 54.7 Å². The number of aromatic nitrogens is 1. The fraction of sp³-hybridized carbons (Fsp3) is 0. The van der Waals surface area contributed by atoms with Crippen molar-refractivity contribution in [3.8, 4) is 5.88 Å². The maximum absolute atomic E-state index is 5.40. The minimum atomic E-state index is 0.626. The van der Waals surface area contributed by atoms with E-state index >= 15 is 0 Å². The molecule has 0 bridgehead atoms. The number of benzene rings is 1. The van der Waals surface area contributed by atoms with E-state index < -0.39 is 0 Å². The van der Waals surface area contributed by atoms with Crippen LogP contribution in [0.3, 0.4) is 0 Å². The highest BCUT2D eigenvalue weighted by Gasteiger charge is 1.95. The molecule has 0 unspecified atom stereocenters. The second-order valence-corrected chi connectivity index (χ2v) is 3.45. The van der Waals surface area contributed by atoms with Crippen molar-refractivity contribution in [1.29, 1.82) is 0 Å². The van der Waals surface area contributed by atoms with E-state index in [1.807, 2.05) is 48.5 Å². The number of rotatable bonds is 3. The summed E-state index contributed by atoms with van der Waals surface area (Å²) in [5.41, 5.74) is 0. The van der Waals surface area contributed by atoms with Crippen LogP contribution in [-0.2, 0) is 0 Å². The Labute approximate surface area is 87.2 Å². The first-order valence-corrected chi connectivity index (χ1v) is 5.00. The van der Waals surface area contributed by atoms with Gasteiger partial charge in [-0.15, -0.1) is 0 Å². The van der Waals surface area contributed by atoms with Gasteiger partial charge in [-0.3, -0.25) is 0 Å². The number of hydrogen-bond donors (Lipinski definition) is 0. The highest BCUT2D eigenvalue weighted by Crippen LogP contribution is 2.20. The van der Waals surface area contributed by atoms with E-state index in [-0.39, 0.29) is 0 Å². The van der Waals surface area contributed by atoms with Gasteiger partial charge in [0.1, 0.15) is 0 Å². The van der Waals surface area contributed by atoms with Crippen molar-refractivity contribution in [1.82, 2.24) is 4.98 Å². The summed E-state index contributed by atoms with van der Waals surface area (Å²) in [4.78, 5) is 5.12. The van der Waals surface area contributed by atoms with E-state index in [0.717, 1.165) is 4.90 Å². The standard InChI is InChI=1S/C11H9NOS/c1-2-6-10(7-3-1)14-13-11-8-4-5-9-12-11/h1-9H. The van der Waals surface area contributed by atoms with Crippen molar-refractivity contribution >= 4 is 12.0 Å². The third kappa shape index (κ3) is 2.50. The quantitative estimate of drug-likeness (QED) is 0.715. The summed E-state index contributed by atoms with van der Waals surface area (Å²) in [5.74, 6) is 0.626. The van der Waals surface area contributed by atoms with Crippen LogP contribution < -0.4 is 4.18 Å². The molecule has 0 fully saturated rings. The van der Waals surface area contributed by atoms with Gasteiger partial charge in [0.15, 0.2) is 0 Å². The lowest BCUT2D eigenvalue weighted by molar-refractivity contribution is 0.616. The molecule has 0 spiro atoms. The number of nitrogens with zero attached hydrogens (tertiary/aromatic N) is 1. The summed E-state index contributed by atoms with van der Waals surface area (Å²) >= 11 is 1.31. The molecule has 3 heteroatoms. The van der Waals surface area contributed by atoms with E-state index in [9.17, 15) is 0 Å². The molecule has 0 amide bonds. The highest BCUT2D eigenvalue weighted by atomic mass is 32.2. The van der Waals surface area contributed by atoms with E-state index in [4.69, 9.17) is 4.18 Å². The summed E-state index contributed by atoms with van der Waals surface area (Å²) < 4.78 is 5.40. The van der Waals surface area contributed by atoms with Gasteiger partial charge in [-0.05, 0) is 18.2 Å². The van der Waals surface area contributed by atoms with Gasteiger partial charge in [-0.2, -0.15) is 0 Å². The van der Waals surface area contributed by atoms with Gasteiger partial charge in [0.2, 0.25) is 5.88 Å². The summed E-state index contributed by atoms with van der Waals surface area (Å²) in [6.45, 7) is 0. The zero-order valence-electron chi connectivity index (χ0n) is 7.46. The Morgan fingerprint density at radius 3 is 2.43 bits per heavy atom. The van der Waals surface area contributed by atoms with Crippen LogP contribution in [0.1, 0.15) is 0 Å². The number of hydrogen-bond acceptors (Lipinski definition) is 3. The van der Waals surface area contributed by atoms with Gasteiger partial charge >= 0.3 is 0 Å². The third-order valence-electron chi connectivity index (χ3n) is 1.60. The minimum absolute atomic E-state index is 0.626. The highest BCUT2D eigenvalue weighted by molar-refractivity contribution is 7.95. The van der Waals surface area contributed by atoms with Gasteiger partial charge in [-0.1, -0.05) is 24.3 Å². The molecule has 1 aromatic heterocycles. The molecule has 0 saturated heterocycles. The predicted molar refractivity (Wildman–Crippen MR) is 57.2 cm³/mol. The molecular weight excluding hydrogens is 194 g/mol. The van der Waals surface area contributed by atoms with Crippen LogP contribution in [0.15, 0.2) is 59.6 Å². The van der Waals surface area contributed by atoms with Gasteiger partial charge in [-0.25, -0.2) is 4.98 Å². The monoisotopic (exact) mass is 203 g/mol. The molecular formula is C11H9NOS. The van der Waals surface area contributed by atoms with Crippen LogP contribution in [0, 0.1) is 0 Å². The zero-order chi connectivity index (χ0) is 9.64. The molecule has 1 heterocycles. The van der Waals surface area contributed by atoms with E-state index in [0.29, 0.717) is 5.88 Å². The molecule has 0 saturated carbocycles. The molecule has 0 atom stereocenters. The molecule has 14 heavy (non-hydrogen) atoms. The Morgan fingerprint density at radius 2 is 1.71 bits per heavy atom. The maximum Gasteiger partial charge on any atom is 0.228 e. The molecule has 0 radical (unpaired) electrons. The zero-order valence-corrected chi connectivity index (χ0v) is 8.28. The smallest absolute Gasteiger partial charge is 0.228 e. The van der Waals surface area contributed by atoms with Gasteiger partial charge < -0.3 is 4.18 Å². The lowest BCUT2D eigenvalue weighted by Crippen LogP contribution is -1.83. The molecule has 0 aliphatic heterocycles. The average Bonchev–Trinajstić information content (AvgIpc) is 2.29. The third-order valence-corrected chi connectivity index (χ3v) is 2.32. The van der Waals surface area contributed by atoms with Crippen molar-refractivity contribution in [2.24, 2.45) is 0 Å². The second-order valence-electron chi connectivity index (χ2n) is 2.65. The van der Waals surface area contributed by atoms with Crippen LogP contribution >= 0.6 is 12.0 Å². The SMILES string of the molecule is c1ccc(SOc2ccccn2)cc1. The van der Waals surface area contributed by atoms with Crippen LogP contribution in [-0.4, -0.2) is 4.98 Å². The van der Waals surface area contributed by atoms with Crippen molar-refractivity contribution in [2.75, 3.05) is 0 Å². The second kappa shape index (κ2) is 4.67. The molecule has 0 N–H and O–H groups in total. The Kier molecular flexibility index (Phi) is 3.03. The fourth-order valence-corrected chi connectivity index (χ4v) is 1.51. The normalized spacial score (nSPS) is 9.71. The first-order chi connectivity index (χ1) is 6.95. The van der Waals surface area contributed by atoms with Crippen LogP contribution in [0.4, 0.5) is 0 Å². The average molecular weight is 203 g/mol. The lowest BCUT2D eigenvalue weighted by atomic mass is 10.4. The Morgan fingerprint density at radius 1 is 0.929 bits per heavy atom. The van der Waals surface area contributed by atoms with E-state index in [2.05, 4.69) is 4.98 Å². The summed E-state index contributed by atoms with van der Waals surface area (Å²) in [7, 11) is 0. The Hall–Kier alpha value is -1.48. The minimum Gasteiger partial charge on any atom is -0.401 e. The predicted octanol–water partition coefficient (Wildman–Crippen LogP) is 3.17. The molecule has 0 aliphatic carbocycles. The fourth-order valence-electron chi connectivity index (χ4n) is 0.963. The van der Waals surface area contributed by atoms with Crippen LogP contribution in [0.25, 0.3) is 0 Å². The maximum atomic E-state index is 5.40. The Bertz CT molecular complexity index is 338. The summed E-state index contributed by atoms with van der Waals surface area (Å²) in [6.07, 6.45) is 1.71. The van der Waals surface area contributed by atoms with Crippen molar-refractivity contribution in [3.63, 3.8) is 0 Å². The van der Waals surface area contributed by atoms with Gasteiger partial charge in [0.05, 0.1) is 12.0 Å². The van der Waals surface area contributed by atoms with Crippen LogP contribution in [0.2, 0.25) is 0 Å². The molecule has 0 aliphatic rings. The van der Waals surface area contributed by atoms with E-state index in [1.54, 1.807) is 6.20 Å². The molecule has 2 nitrogen and oxygen atoms in total.